The van der Waals surface area contributed by atoms with E-state index in [2.05, 4.69) is 107 Å². The molecule has 154 valence electrons. The number of hydrogen-bond donors (Lipinski definition) is 0. The van der Waals surface area contributed by atoms with Crippen LogP contribution in [0.15, 0.2) is 54.6 Å². The minimum atomic E-state index is 0.848. The van der Waals surface area contributed by atoms with E-state index in [9.17, 15) is 0 Å². The summed E-state index contributed by atoms with van der Waals surface area (Å²) >= 11 is 7.66. The van der Waals surface area contributed by atoms with Gasteiger partial charge >= 0.3 is 0 Å². The van der Waals surface area contributed by atoms with E-state index in [1.165, 1.54) is 60.5 Å². The lowest BCUT2D eigenvalue weighted by atomic mass is 9.81. The van der Waals surface area contributed by atoms with Crippen LogP contribution in [-0.2, 0) is 29.9 Å². The van der Waals surface area contributed by atoms with E-state index >= 15 is 0 Å². The second-order valence-corrected chi connectivity index (χ2v) is 8.92. The topological polar surface area (TPSA) is 0 Å². The number of rotatable bonds is 6. The number of fused-ring (bicyclic) bond motifs is 2. The van der Waals surface area contributed by atoms with Gasteiger partial charge in [0.05, 0.1) is 0 Å². The quantitative estimate of drug-likeness (QED) is 0.221. The van der Waals surface area contributed by atoms with E-state index in [1.54, 1.807) is 0 Å². The van der Waals surface area contributed by atoms with E-state index in [0.717, 1.165) is 29.9 Å². The zero-order chi connectivity index (χ0) is 21.3. The molecule has 0 atom stereocenters. The van der Waals surface area contributed by atoms with Crippen molar-refractivity contribution in [2.24, 2.45) is 0 Å². The van der Waals surface area contributed by atoms with E-state index < -0.39 is 0 Å². The molecule has 0 aliphatic rings. The molecule has 0 aliphatic heterocycles. The van der Waals surface area contributed by atoms with Crippen LogP contribution in [0.2, 0.25) is 0 Å². The van der Waals surface area contributed by atoms with Gasteiger partial charge in [-0.05, 0) is 79.8 Å². The summed E-state index contributed by atoms with van der Waals surface area (Å²) in [7, 11) is 0. The van der Waals surface area contributed by atoms with Crippen molar-refractivity contribution in [1.82, 2.24) is 0 Å². The van der Waals surface area contributed by atoms with Crippen molar-refractivity contribution in [3.05, 3.63) is 82.4 Å². The van der Waals surface area contributed by atoms with Crippen molar-refractivity contribution < 1.29 is 0 Å². The summed E-state index contributed by atoms with van der Waals surface area (Å²) in [6.45, 7) is 6.89. The lowest BCUT2D eigenvalue weighted by Gasteiger charge is -2.24. The number of alkyl halides is 2. The predicted octanol–water partition coefficient (Wildman–Crippen LogP) is 9.14. The zero-order valence-electron chi connectivity index (χ0n) is 18.0. The zero-order valence-corrected chi connectivity index (χ0v) is 21.2. The molecule has 0 nitrogen and oxygen atoms in total. The maximum Gasteiger partial charge on any atom is 0.0292 e. The van der Waals surface area contributed by atoms with Crippen LogP contribution in [0.1, 0.15) is 48.6 Å². The van der Waals surface area contributed by atoms with Gasteiger partial charge in [-0.3, -0.25) is 0 Å². The molecule has 4 rings (SSSR count). The largest absolute Gasteiger partial charge is 0.0876 e. The molecule has 0 aliphatic carbocycles. The molecule has 0 spiro atoms. The molecule has 0 amide bonds. The van der Waals surface area contributed by atoms with Crippen LogP contribution in [0.5, 0.6) is 0 Å². The number of aryl methyl sites for hydroxylation is 2. The smallest absolute Gasteiger partial charge is 0.0292 e. The van der Waals surface area contributed by atoms with Crippen molar-refractivity contribution in [1.29, 1.82) is 0 Å². The number of benzene rings is 4. The first kappa shape index (κ1) is 21.6. The summed E-state index contributed by atoms with van der Waals surface area (Å²) in [6, 6.07) is 20.3. The van der Waals surface area contributed by atoms with E-state index in [-0.39, 0.29) is 0 Å². The molecule has 0 heterocycles. The maximum absolute atomic E-state index is 3.88. The van der Waals surface area contributed by atoms with Crippen LogP contribution < -0.4 is 0 Å². The molecular formula is C28H28Br2. The highest BCUT2D eigenvalue weighted by atomic mass is 79.9. The highest BCUT2D eigenvalue weighted by molar-refractivity contribution is 9.08. The molecule has 30 heavy (non-hydrogen) atoms. The van der Waals surface area contributed by atoms with E-state index in [1.807, 2.05) is 0 Å². The third kappa shape index (κ3) is 3.42. The van der Waals surface area contributed by atoms with Crippen LogP contribution >= 0.6 is 31.9 Å². The highest BCUT2D eigenvalue weighted by Gasteiger charge is 2.22. The summed E-state index contributed by atoms with van der Waals surface area (Å²) in [6.07, 6.45) is 3.18. The molecule has 0 saturated carbocycles. The molecule has 0 bridgehead atoms. The first-order valence-corrected chi connectivity index (χ1v) is 13.1. The van der Waals surface area contributed by atoms with Gasteiger partial charge in [0, 0.05) is 10.7 Å². The standard InChI is InChI=1S/C28H28Br2/c1-4-18-11-9-13-24-26(18)22(6-3)21(5-2)25(17-30)28(24)27-20(16-29)15-14-19-10-7-8-12-23(19)27/h7-15H,4-6,16-17H2,1-3H3. The molecule has 0 aromatic heterocycles. The molecule has 0 unspecified atom stereocenters. The fourth-order valence-corrected chi connectivity index (χ4v) is 6.17. The minimum Gasteiger partial charge on any atom is -0.0876 e. The first-order chi connectivity index (χ1) is 14.7. The molecule has 4 aromatic carbocycles. The normalized spacial score (nSPS) is 11.5. The molecule has 0 fully saturated rings. The Kier molecular flexibility index (Phi) is 6.65. The van der Waals surface area contributed by atoms with Crippen molar-refractivity contribution in [2.75, 3.05) is 0 Å². The summed E-state index contributed by atoms with van der Waals surface area (Å²) in [4.78, 5) is 0. The van der Waals surface area contributed by atoms with Crippen molar-refractivity contribution in [2.45, 2.75) is 50.7 Å². The van der Waals surface area contributed by atoms with Crippen molar-refractivity contribution in [3.8, 4) is 11.1 Å². The second kappa shape index (κ2) is 9.24. The minimum absolute atomic E-state index is 0.848. The fraction of sp³-hybridized carbons (Fsp3) is 0.286. The Labute approximate surface area is 197 Å². The molecular weight excluding hydrogens is 496 g/mol. The molecule has 4 aromatic rings. The van der Waals surface area contributed by atoms with Crippen LogP contribution in [0.25, 0.3) is 32.7 Å². The van der Waals surface area contributed by atoms with Crippen LogP contribution in [0.3, 0.4) is 0 Å². The molecule has 0 radical (unpaired) electrons. The van der Waals surface area contributed by atoms with Gasteiger partial charge < -0.3 is 0 Å². The summed E-state index contributed by atoms with van der Waals surface area (Å²) in [5, 5.41) is 7.24. The van der Waals surface area contributed by atoms with Crippen LogP contribution in [-0.4, -0.2) is 0 Å². The van der Waals surface area contributed by atoms with Gasteiger partial charge in [0.25, 0.3) is 0 Å². The van der Waals surface area contributed by atoms with Gasteiger partial charge in [0.2, 0.25) is 0 Å². The van der Waals surface area contributed by atoms with E-state index in [4.69, 9.17) is 0 Å². The third-order valence-corrected chi connectivity index (χ3v) is 7.55. The van der Waals surface area contributed by atoms with Gasteiger partial charge in [0.1, 0.15) is 0 Å². The average molecular weight is 524 g/mol. The molecule has 0 N–H and O–H groups in total. The van der Waals surface area contributed by atoms with Gasteiger partial charge in [-0.15, -0.1) is 0 Å². The Balaban J connectivity index is 2.30. The summed E-state index contributed by atoms with van der Waals surface area (Å²) in [5.74, 6) is 0. The molecule has 2 heteroatoms. The predicted molar refractivity (Wildman–Crippen MR) is 140 cm³/mol. The van der Waals surface area contributed by atoms with Crippen LogP contribution in [0, 0.1) is 0 Å². The first-order valence-electron chi connectivity index (χ1n) is 10.9. The Morgan fingerprint density at radius 1 is 0.567 bits per heavy atom. The van der Waals surface area contributed by atoms with Crippen molar-refractivity contribution >= 4 is 53.4 Å². The Hall–Kier alpha value is -1.64. The van der Waals surface area contributed by atoms with Crippen LogP contribution in [0.4, 0.5) is 0 Å². The highest BCUT2D eigenvalue weighted by Crippen LogP contribution is 2.44. The fourth-order valence-electron chi connectivity index (χ4n) is 5.08. The third-order valence-electron chi connectivity index (χ3n) is 6.38. The Bertz CT molecular complexity index is 1220. The lowest BCUT2D eigenvalue weighted by molar-refractivity contribution is 1.02. The van der Waals surface area contributed by atoms with Gasteiger partial charge in [-0.25, -0.2) is 0 Å². The molecule has 0 saturated heterocycles. The lowest BCUT2D eigenvalue weighted by Crippen LogP contribution is -2.05. The monoisotopic (exact) mass is 522 g/mol. The van der Waals surface area contributed by atoms with Gasteiger partial charge in [0.15, 0.2) is 0 Å². The number of halogens is 2. The second-order valence-electron chi connectivity index (χ2n) is 7.80. The Morgan fingerprint density at radius 2 is 1.30 bits per heavy atom. The Morgan fingerprint density at radius 3 is 1.97 bits per heavy atom. The maximum atomic E-state index is 3.88. The average Bonchev–Trinajstić information content (AvgIpc) is 2.81. The number of hydrogen-bond acceptors (Lipinski definition) is 0. The van der Waals surface area contributed by atoms with Gasteiger partial charge in [-0.1, -0.05) is 107 Å². The van der Waals surface area contributed by atoms with Gasteiger partial charge in [-0.2, -0.15) is 0 Å². The summed E-state index contributed by atoms with van der Waals surface area (Å²) < 4.78 is 0. The summed E-state index contributed by atoms with van der Waals surface area (Å²) in [5.41, 5.74) is 10.1. The van der Waals surface area contributed by atoms with E-state index in [0.29, 0.717) is 0 Å². The SMILES string of the molecule is CCc1c(CBr)c(-c2c(CBr)ccc3ccccc23)c2cccc(CC)c2c1CC. The van der Waals surface area contributed by atoms with Crippen molar-refractivity contribution in [3.63, 3.8) is 0 Å².